The van der Waals surface area contributed by atoms with Gasteiger partial charge in [0.05, 0.1) is 6.10 Å². The van der Waals surface area contributed by atoms with Crippen LogP contribution < -0.4 is 4.74 Å². The lowest BCUT2D eigenvalue weighted by Gasteiger charge is -2.32. The number of benzene rings is 1. The molecule has 0 radical (unpaired) electrons. The molecule has 3 aromatic rings. The van der Waals surface area contributed by atoms with Gasteiger partial charge in [0.1, 0.15) is 11.6 Å². The van der Waals surface area contributed by atoms with Crippen LogP contribution in [-0.2, 0) is 6.54 Å². The minimum atomic E-state index is 0.0197. The number of likely N-dealkylation sites (tertiary alicyclic amines) is 1. The van der Waals surface area contributed by atoms with Gasteiger partial charge in [-0.05, 0) is 69.6 Å². The summed E-state index contributed by atoms with van der Waals surface area (Å²) in [4.78, 5) is 20.0. The first kappa shape index (κ1) is 20.4. The van der Waals surface area contributed by atoms with Crippen LogP contribution in [0, 0.1) is 5.92 Å². The lowest BCUT2D eigenvalue weighted by atomic mass is 9.90. The number of piperidine rings is 1. The molecule has 156 valence electrons. The quantitative estimate of drug-likeness (QED) is 0.534. The van der Waals surface area contributed by atoms with Crippen molar-refractivity contribution in [3.63, 3.8) is 0 Å². The minimum absolute atomic E-state index is 0.0197. The van der Waals surface area contributed by atoms with Crippen LogP contribution in [0.15, 0.2) is 67.0 Å². The Hall–Kier alpha value is -2.92. The SMILES string of the molecule is CC(C)Oc1cccc(C(=O)[C@H]2CCCN(Cc3cccn3-c3ccccn3)C2)c1. The second kappa shape index (κ2) is 9.26. The van der Waals surface area contributed by atoms with E-state index in [9.17, 15) is 4.79 Å². The summed E-state index contributed by atoms with van der Waals surface area (Å²) in [6, 6.07) is 17.7. The summed E-state index contributed by atoms with van der Waals surface area (Å²) < 4.78 is 7.89. The summed E-state index contributed by atoms with van der Waals surface area (Å²) in [6.45, 7) is 6.58. The number of aromatic nitrogens is 2. The highest BCUT2D eigenvalue weighted by atomic mass is 16.5. The number of carbonyl (C=O) groups is 1. The fraction of sp³-hybridized carbons (Fsp3) is 0.360. The van der Waals surface area contributed by atoms with Crippen LogP contribution in [0.5, 0.6) is 5.75 Å². The van der Waals surface area contributed by atoms with Crippen molar-refractivity contribution < 1.29 is 9.53 Å². The van der Waals surface area contributed by atoms with Gasteiger partial charge >= 0.3 is 0 Å². The van der Waals surface area contributed by atoms with E-state index < -0.39 is 0 Å². The van der Waals surface area contributed by atoms with Gasteiger partial charge in [-0.15, -0.1) is 0 Å². The molecule has 5 heteroatoms. The highest BCUT2D eigenvalue weighted by Crippen LogP contribution is 2.25. The summed E-state index contributed by atoms with van der Waals surface area (Å²) >= 11 is 0. The number of nitrogens with zero attached hydrogens (tertiary/aromatic N) is 3. The highest BCUT2D eigenvalue weighted by Gasteiger charge is 2.27. The summed E-state index contributed by atoms with van der Waals surface area (Å²) in [5, 5.41) is 0. The first-order chi connectivity index (χ1) is 14.6. The maximum Gasteiger partial charge on any atom is 0.167 e. The van der Waals surface area contributed by atoms with Crippen LogP contribution in [0.1, 0.15) is 42.7 Å². The van der Waals surface area contributed by atoms with Crippen molar-refractivity contribution in [2.45, 2.75) is 39.3 Å². The second-order valence-electron chi connectivity index (χ2n) is 8.19. The van der Waals surface area contributed by atoms with Gasteiger partial charge in [0.25, 0.3) is 0 Å². The number of ketones is 1. The maximum atomic E-state index is 13.2. The fourth-order valence-corrected chi connectivity index (χ4v) is 4.14. The summed E-state index contributed by atoms with van der Waals surface area (Å²) in [5.41, 5.74) is 1.94. The maximum absolute atomic E-state index is 13.2. The van der Waals surface area contributed by atoms with Crippen molar-refractivity contribution in [2.24, 2.45) is 5.92 Å². The summed E-state index contributed by atoms with van der Waals surface area (Å²) in [5.74, 6) is 1.92. The molecule has 1 fully saturated rings. The van der Waals surface area contributed by atoms with Crippen molar-refractivity contribution in [2.75, 3.05) is 13.1 Å². The van der Waals surface area contributed by atoms with Crippen molar-refractivity contribution in [1.29, 1.82) is 0 Å². The zero-order valence-electron chi connectivity index (χ0n) is 17.7. The molecule has 3 heterocycles. The standard InChI is InChI=1S/C25H29N3O2/c1-19(2)30-23-11-5-8-20(16-23)25(29)21-9-6-14-27(17-21)18-22-10-7-15-28(22)24-12-3-4-13-26-24/h3-5,7-8,10-13,15-16,19,21H,6,9,14,17-18H2,1-2H3/t21-/m0/s1. The van der Waals surface area contributed by atoms with Crippen molar-refractivity contribution in [3.05, 3.63) is 78.2 Å². The molecule has 2 aromatic heterocycles. The number of Topliss-reactive ketones (excluding diaryl/α,β-unsaturated/α-hetero) is 1. The molecule has 1 aromatic carbocycles. The molecule has 30 heavy (non-hydrogen) atoms. The zero-order valence-corrected chi connectivity index (χ0v) is 17.7. The number of rotatable bonds is 7. The molecule has 5 nitrogen and oxygen atoms in total. The Morgan fingerprint density at radius 2 is 2.07 bits per heavy atom. The molecular formula is C25H29N3O2. The third kappa shape index (κ3) is 4.79. The Labute approximate surface area is 178 Å². The van der Waals surface area contributed by atoms with Crippen LogP contribution in [0.25, 0.3) is 5.82 Å². The normalized spacial score (nSPS) is 17.2. The van der Waals surface area contributed by atoms with E-state index in [0.717, 1.165) is 49.6 Å². The molecule has 0 unspecified atom stereocenters. The van der Waals surface area contributed by atoms with Crippen LogP contribution in [0.2, 0.25) is 0 Å². The van der Waals surface area contributed by atoms with Gasteiger partial charge in [-0.1, -0.05) is 18.2 Å². The summed E-state index contributed by atoms with van der Waals surface area (Å²) in [6.07, 6.45) is 5.92. The molecule has 1 atom stereocenters. The monoisotopic (exact) mass is 403 g/mol. The molecule has 1 aliphatic heterocycles. The fourth-order valence-electron chi connectivity index (χ4n) is 4.14. The molecule has 1 saturated heterocycles. The molecule has 0 spiro atoms. The van der Waals surface area contributed by atoms with Crippen LogP contribution in [0.4, 0.5) is 0 Å². The van der Waals surface area contributed by atoms with Crippen LogP contribution in [0.3, 0.4) is 0 Å². The Kier molecular flexibility index (Phi) is 6.29. The first-order valence-electron chi connectivity index (χ1n) is 10.7. The van der Waals surface area contributed by atoms with E-state index in [2.05, 4.69) is 26.6 Å². The molecule has 4 rings (SSSR count). The first-order valence-corrected chi connectivity index (χ1v) is 10.7. The van der Waals surface area contributed by atoms with Gasteiger partial charge in [-0.25, -0.2) is 4.98 Å². The Morgan fingerprint density at radius 3 is 2.87 bits per heavy atom. The van der Waals surface area contributed by atoms with Gasteiger partial charge in [0.15, 0.2) is 5.78 Å². The topological polar surface area (TPSA) is 47.4 Å². The third-order valence-electron chi connectivity index (χ3n) is 5.48. The Bertz CT molecular complexity index is 981. The van der Waals surface area contributed by atoms with Gasteiger partial charge in [-0.3, -0.25) is 9.69 Å². The lowest BCUT2D eigenvalue weighted by molar-refractivity contribution is 0.0809. The molecule has 1 aliphatic rings. The smallest absolute Gasteiger partial charge is 0.167 e. The van der Waals surface area contributed by atoms with E-state index in [1.807, 2.05) is 68.7 Å². The molecule has 0 N–H and O–H groups in total. The predicted octanol–water partition coefficient (Wildman–Crippen LogP) is 4.75. The number of pyridine rings is 1. The van der Waals surface area contributed by atoms with Crippen molar-refractivity contribution >= 4 is 5.78 Å². The van der Waals surface area contributed by atoms with E-state index in [1.54, 1.807) is 0 Å². The molecule has 0 bridgehead atoms. The number of carbonyl (C=O) groups excluding carboxylic acids is 1. The highest BCUT2D eigenvalue weighted by molar-refractivity contribution is 5.98. The van der Waals surface area contributed by atoms with Crippen LogP contribution >= 0.6 is 0 Å². The van der Waals surface area contributed by atoms with Gasteiger partial charge < -0.3 is 9.30 Å². The number of hydrogen-bond acceptors (Lipinski definition) is 4. The average molecular weight is 404 g/mol. The molecule has 0 amide bonds. The van der Waals surface area contributed by atoms with Gasteiger partial charge in [0, 0.05) is 42.7 Å². The zero-order chi connectivity index (χ0) is 20.9. The van der Waals surface area contributed by atoms with Crippen LogP contribution in [-0.4, -0.2) is 39.4 Å². The third-order valence-corrected chi connectivity index (χ3v) is 5.48. The molecular weight excluding hydrogens is 374 g/mol. The number of hydrogen-bond donors (Lipinski definition) is 0. The molecule has 0 saturated carbocycles. The van der Waals surface area contributed by atoms with E-state index in [-0.39, 0.29) is 17.8 Å². The van der Waals surface area contributed by atoms with Crippen molar-refractivity contribution in [1.82, 2.24) is 14.5 Å². The largest absolute Gasteiger partial charge is 0.491 e. The predicted molar refractivity (Wildman–Crippen MR) is 118 cm³/mol. The summed E-state index contributed by atoms with van der Waals surface area (Å²) in [7, 11) is 0. The Morgan fingerprint density at radius 1 is 1.17 bits per heavy atom. The molecule has 0 aliphatic carbocycles. The van der Waals surface area contributed by atoms with Gasteiger partial charge in [0.2, 0.25) is 0 Å². The van der Waals surface area contributed by atoms with Crippen molar-refractivity contribution in [3.8, 4) is 11.6 Å². The van der Waals surface area contributed by atoms with E-state index in [0.29, 0.717) is 0 Å². The average Bonchev–Trinajstić information content (AvgIpc) is 3.22. The van der Waals surface area contributed by atoms with Gasteiger partial charge in [-0.2, -0.15) is 0 Å². The second-order valence-corrected chi connectivity index (χ2v) is 8.19. The Balaban J connectivity index is 1.44. The van der Waals surface area contributed by atoms with E-state index in [4.69, 9.17) is 4.74 Å². The lowest BCUT2D eigenvalue weighted by Crippen LogP contribution is -2.38. The minimum Gasteiger partial charge on any atom is -0.491 e. The number of ether oxygens (including phenoxy) is 1. The van der Waals surface area contributed by atoms with E-state index in [1.165, 1.54) is 5.69 Å². The van der Waals surface area contributed by atoms with E-state index >= 15 is 0 Å².